The van der Waals surface area contributed by atoms with Gasteiger partial charge in [-0.2, -0.15) is 9.97 Å². The Morgan fingerprint density at radius 2 is 1.87 bits per heavy atom. The molecule has 0 aromatic carbocycles. The predicted octanol–water partition coefficient (Wildman–Crippen LogP) is 4.19. The van der Waals surface area contributed by atoms with Crippen molar-refractivity contribution in [3.8, 4) is 11.8 Å². The second kappa shape index (κ2) is 8.64. The maximum absolute atomic E-state index is 5.60. The zero-order valence-electron chi connectivity index (χ0n) is 17.0. The Balaban J connectivity index is 1.55. The van der Waals surface area contributed by atoms with E-state index in [1.54, 1.807) is 24.5 Å². The van der Waals surface area contributed by atoms with Gasteiger partial charge in [-0.05, 0) is 32.9 Å². The number of aromatic nitrogens is 5. The van der Waals surface area contributed by atoms with Gasteiger partial charge in [0.1, 0.15) is 11.5 Å². The second-order valence-corrected chi connectivity index (χ2v) is 6.76. The molecule has 4 rings (SSSR count). The fourth-order valence-electron chi connectivity index (χ4n) is 2.80. The molecule has 2 N–H and O–H groups in total. The van der Waals surface area contributed by atoms with Crippen LogP contribution >= 0.6 is 0 Å². The van der Waals surface area contributed by atoms with Crippen molar-refractivity contribution in [2.24, 2.45) is 0 Å². The highest BCUT2D eigenvalue weighted by Gasteiger charge is 2.08. The number of anilines is 4. The Bertz CT molecular complexity index is 1130. The van der Waals surface area contributed by atoms with Crippen molar-refractivity contribution in [3.63, 3.8) is 0 Å². The Kier molecular flexibility index (Phi) is 5.60. The quantitative estimate of drug-likeness (QED) is 0.450. The van der Waals surface area contributed by atoms with Gasteiger partial charge in [0, 0.05) is 42.5 Å². The average Bonchev–Trinajstić information content (AvgIpc) is 3.17. The van der Waals surface area contributed by atoms with Crippen molar-refractivity contribution in [2.75, 3.05) is 17.2 Å². The van der Waals surface area contributed by atoms with E-state index >= 15 is 0 Å². The molecule has 0 atom stereocenters. The smallest absolute Gasteiger partial charge is 0.232 e. The first-order valence-corrected chi connectivity index (χ1v) is 9.70. The highest BCUT2D eigenvalue weighted by Crippen LogP contribution is 2.23. The van der Waals surface area contributed by atoms with Crippen LogP contribution in [0.3, 0.4) is 0 Å². The number of ether oxygens (including phenoxy) is 2. The van der Waals surface area contributed by atoms with E-state index in [1.807, 2.05) is 55.8 Å². The van der Waals surface area contributed by atoms with E-state index in [2.05, 4.69) is 30.6 Å². The molecule has 0 saturated carbocycles. The van der Waals surface area contributed by atoms with Crippen molar-refractivity contribution < 1.29 is 9.47 Å². The van der Waals surface area contributed by atoms with Crippen LogP contribution in [-0.2, 0) is 0 Å². The van der Waals surface area contributed by atoms with Crippen molar-refractivity contribution in [3.05, 3.63) is 55.1 Å². The number of hydrogen-bond acceptors (Lipinski definition) is 8. The third kappa shape index (κ3) is 4.75. The third-order valence-electron chi connectivity index (χ3n) is 4.01. The molecule has 0 amide bonds. The first-order valence-electron chi connectivity index (χ1n) is 9.70. The molecular weight excluding hydrogens is 382 g/mol. The summed E-state index contributed by atoms with van der Waals surface area (Å²) < 4.78 is 13.1. The van der Waals surface area contributed by atoms with Crippen LogP contribution in [0, 0.1) is 0 Å². The van der Waals surface area contributed by atoms with Crippen molar-refractivity contribution in [1.29, 1.82) is 0 Å². The molecule has 9 nitrogen and oxygen atoms in total. The molecule has 4 heterocycles. The zero-order valence-corrected chi connectivity index (χ0v) is 17.0. The summed E-state index contributed by atoms with van der Waals surface area (Å²) in [4.78, 5) is 17.6. The van der Waals surface area contributed by atoms with E-state index < -0.39 is 0 Å². The van der Waals surface area contributed by atoms with Crippen LogP contribution in [0.5, 0.6) is 11.8 Å². The van der Waals surface area contributed by atoms with Crippen LogP contribution in [-0.4, -0.2) is 37.0 Å². The minimum atomic E-state index is 0.0670. The van der Waals surface area contributed by atoms with Gasteiger partial charge in [-0.3, -0.25) is 0 Å². The van der Waals surface area contributed by atoms with Crippen LogP contribution in [0.25, 0.3) is 5.65 Å². The number of nitrogens with one attached hydrogen (secondary N) is 2. The normalized spacial score (nSPS) is 10.9. The molecule has 4 aromatic rings. The summed E-state index contributed by atoms with van der Waals surface area (Å²) >= 11 is 0. The Morgan fingerprint density at radius 1 is 0.967 bits per heavy atom. The first kappa shape index (κ1) is 19.4. The number of pyridine rings is 2. The number of hydrogen-bond donors (Lipinski definition) is 2. The van der Waals surface area contributed by atoms with E-state index in [9.17, 15) is 0 Å². The summed E-state index contributed by atoms with van der Waals surface area (Å²) in [6.45, 7) is 6.32. The number of nitrogens with zero attached hydrogens (tertiary/aromatic N) is 5. The molecule has 4 aromatic heterocycles. The lowest BCUT2D eigenvalue weighted by Crippen LogP contribution is -2.07. The fraction of sp³-hybridized carbons (Fsp3) is 0.238. The maximum atomic E-state index is 5.60. The van der Waals surface area contributed by atoms with Gasteiger partial charge in [0.25, 0.3) is 0 Å². The fourth-order valence-corrected chi connectivity index (χ4v) is 2.80. The van der Waals surface area contributed by atoms with Crippen molar-refractivity contribution >= 4 is 28.8 Å². The van der Waals surface area contributed by atoms with Crippen LogP contribution in [0.1, 0.15) is 20.8 Å². The zero-order chi connectivity index (χ0) is 20.9. The standard InChI is InChI=1S/C21H23N7O2/c1-4-29-20-12-17(24-15-7-9-28-10-8-22-18(28)11-15)26-21(27-20)25-16-5-6-19(23-13-16)30-14(2)3/h5-14H,4H2,1-3H3,(H2,24,25,26,27). The third-order valence-corrected chi connectivity index (χ3v) is 4.01. The van der Waals surface area contributed by atoms with E-state index in [0.29, 0.717) is 30.1 Å². The van der Waals surface area contributed by atoms with E-state index in [-0.39, 0.29) is 6.10 Å². The predicted molar refractivity (Wildman–Crippen MR) is 115 cm³/mol. The minimum absolute atomic E-state index is 0.0670. The molecule has 0 saturated heterocycles. The Labute approximate surface area is 174 Å². The molecule has 154 valence electrons. The highest BCUT2D eigenvalue weighted by atomic mass is 16.5. The molecular formula is C21H23N7O2. The topological polar surface area (TPSA) is 98.5 Å². The van der Waals surface area contributed by atoms with E-state index in [1.165, 1.54) is 0 Å². The van der Waals surface area contributed by atoms with E-state index in [4.69, 9.17) is 9.47 Å². The van der Waals surface area contributed by atoms with Gasteiger partial charge < -0.3 is 24.5 Å². The van der Waals surface area contributed by atoms with Gasteiger partial charge >= 0.3 is 0 Å². The number of fused-ring (bicyclic) bond motifs is 1. The summed E-state index contributed by atoms with van der Waals surface area (Å²) in [6, 6.07) is 9.30. The molecule has 0 aliphatic heterocycles. The van der Waals surface area contributed by atoms with Gasteiger partial charge in [-0.25, -0.2) is 9.97 Å². The van der Waals surface area contributed by atoms with Crippen LogP contribution < -0.4 is 20.1 Å². The first-order chi connectivity index (χ1) is 14.6. The summed E-state index contributed by atoms with van der Waals surface area (Å²) in [5, 5.41) is 6.44. The second-order valence-electron chi connectivity index (χ2n) is 6.76. The van der Waals surface area contributed by atoms with Crippen LogP contribution in [0.15, 0.2) is 55.1 Å². The molecule has 0 aliphatic rings. The largest absolute Gasteiger partial charge is 0.478 e. The Hall–Kier alpha value is -3.88. The summed E-state index contributed by atoms with van der Waals surface area (Å²) in [5.74, 6) is 2.02. The molecule has 0 radical (unpaired) electrons. The molecule has 0 spiro atoms. The summed E-state index contributed by atoms with van der Waals surface area (Å²) in [7, 11) is 0. The highest BCUT2D eigenvalue weighted by molar-refractivity contribution is 5.63. The monoisotopic (exact) mass is 405 g/mol. The van der Waals surface area contributed by atoms with Crippen molar-refractivity contribution in [2.45, 2.75) is 26.9 Å². The van der Waals surface area contributed by atoms with E-state index in [0.717, 1.165) is 17.0 Å². The van der Waals surface area contributed by atoms with Crippen LogP contribution in [0.4, 0.5) is 23.1 Å². The van der Waals surface area contributed by atoms with Gasteiger partial charge in [0.15, 0.2) is 0 Å². The SMILES string of the molecule is CCOc1cc(Nc2ccn3ccnc3c2)nc(Nc2ccc(OC(C)C)nc2)n1. The lowest BCUT2D eigenvalue weighted by molar-refractivity contribution is 0.232. The Morgan fingerprint density at radius 3 is 2.63 bits per heavy atom. The van der Waals surface area contributed by atoms with Gasteiger partial charge in [-0.1, -0.05) is 0 Å². The minimum Gasteiger partial charge on any atom is -0.478 e. The molecule has 30 heavy (non-hydrogen) atoms. The molecule has 0 unspecified atom stereocenters. The molecule has 9 heteroatoms. The van der Waals surface area contributed by atoms with Gasteiger partial charge in [0.2, 0.25) is 17.7 Å². The number of rotatable bonds is 8. The van der Waals surface area contributed by atoms with Crippen molar-refractivity contribution in [1.82, 2.24) is 24.3 Å². The van der Waals surface area contributed by atoms with Gasteiger partial charge in [0.05, 0.1) is 24.6 Å². The lowest BCUT2D eigenvalue weighted by atomic mass is 10.4. The maximum Gasteiger partial charge on any atom is 0.232 e. The lowest BCUT2D eigenvalue weighted by Gasteiger charge is -2.12. The number of imidazole rings is 1. The summed E-state index contributed by atoms with van der Waals surface area (Å²) in [5.41, 5.74) is 2.44. The molecule has 0 fully saturated rings. The van der Waals surface area contributed by atoms with Gasteiger partial charge in [-0.15, -0.1) is 0 Å². The average molecular weight is 405 g/mol. The molecule has 0 aliphatic carbocycles. The summed E-state index contributed by atoms with van der Waals surface area (Å²) in [6.07, 6.45) is 7.32. The molecule has 0 bridgehead atoms. The van der Waals surface area contributed by atoms with Crippen LogP contribution in [0.2, 0.25) is 0 Å².